The van der Waals surface area contributed by atoms with Crippen LogP contribution in [0.3, 0.4) is 0 Å². The van der Waals surface area contributed by atoms with Crippen LogP contribution in [0.5, 0.6) is 0 Å². The van der Waals surface area contributed by atoms with E-state index in [4.69, 9.17) is 0 Å². The predicted molar refractivity (Wildman–Crippen MR) is 85.8 cm³/mol. The Kier molecular flexibility index (Phi) is 5.56. The van der Waals surface area contributed by atoms with Gasteiger partial charge in [-0.15, -0.1) is 0 Å². The standard InChI is InChI=1S/C16H26N4O/c1-4-18-9-11-20(12-10-18)16(21)15-8-7-14(13-17-15)19(5-2)6-3/h7-8,13H,4-6,9-12H2,1-3H3. The third-order valence-electron chi connectivity index (χ3n) is 4.20. The second kappa shape index (κ2) is 7.41. The Morgan fingerprint density at radius 2 is 1.81 bits per heavy atom. The number of anilines is 1. The van der Waals surface area contributed by atoms with Crippen molar-refractivity contribution in [2.24, 2.45) is 0 Å². The molecule has 5 nitrogen and oxygen atoms in total. The minimum Gasteiger partial charge on any atom is -0.371 e. The molecular formula is C16H26N4O. The van der Waals surface area contributed by atoms with Gasteiger partial charge >= 0.3 is 0 Å². The summed E-state index contributed by atoms with van der Waals surface area (Å²) in [6.45, 7) is 12.9. The van der Waals surface area contributed by atoms with Crippen molar-refractivity contribution in [2.75, 3.05) is 50.7 Å². The van der Waals surface area contributed by atoms with Crippen molar-refractivity contribution in [2.45, 2.75) is 20.8 Å². The summed E-state index contributed by atoms with van der Waals surface area (Å²) in [6.07, 6.45) is 1.81. The van der Waals surface area contributed by atoms with Crippen LogP contribution in [0.2, 0.25) is 0 Å². The van der Waals surface area contributed by atoms with Gasteiger partial charge < -0.3 is 14.7 Å². The lowest BCUT2D eigenvalue weighted by atomic mass is 10.2. The normalized spacial score (nSPS) is 16.0. The van der Waals surface area contributed by atoms with E-state index in [0.717, 1.165) is 51.5 Å². The average Bonchev–Trinajstić information content (AvgIpc) is 2.56. The quantitative estimate of drug-likeness (QED) is 0.827. The van der Waals surface area contributed by atoms with Gasteiger partial charge in [-0.2, -0.15) is 0 Å². The number of carbonyl (C=O) groups excluding carboxylic acids is 1. The van der Waals surface area contributed by atoms with E-state index in [0.29, 0.717) is 5.69 Å². The van der Waals surface area contributed by atoms with Gasteiger partial charge in [-0.1, -0.05) is 6.92 Å². The van der Waals surface area contributed by atoms with E-state index < -0.39 is 0 Å². The number of nitrogens with zero attached hydrogens (tertiary/aromatic N) is 4. The fourth-order valence-corrected chi connectivity index (χ4v) is 2.72. The average molecular weight is 290 g/mol. The lowest BCUT2D eigenvalue weighted by molar-refractivity contribution is 0.0637. The van der Waals surface area contributed by atoms with Crippen molar-refractivity contribution < 1.29 is 4.79 Å². The summed E-state index contributed by atoms with van der Waals surface area (Å²) in [5.74, 6) is 0.0526. The van der Waals surface area contributed by atoms with Crippen molar-refractivity contribution in [1.82, 2.24) is 14.8 Å². The predicted octanol–water partition coefficient (Wildman–Crippen LogP) is 1.71. The number of amides is 1. The van der Waals surface area contributed by atoms with E-state index in [1.54, 1.807) is 0 Å². The molecule has 2 heterocycles. The highest BCUT2D eigenvalue weighted by molar-refractivity contribution is 5.92. The van der Waals surface area contributed by atoms with Crippen molar-refractivity contribution in [1.29, 1.82) is 0 Å². The van der Waals surface area contributed by atoms with Crippen molar-refractivity contribution in [3.63, 3.8) is 0 Å². The smallest absolute Gasteiger partial charge is 0.272 e. The molecule has 0 spiro atoms. The molecule has 0 aliphatic carbocycles. The fourth-order valence-electron chi connectivity index (χ4n) is 2.72. The SMILES string of the molecule is CCN1CCN(C(=O)c2ccc(N(CC)CC)cn2)CC1. The molecule has 0 N–H and O–H groups in total. The molecule has 21 heavy (non-hydrogen) atoms. The lowest BCUT2D eigenvalue weighted by Crippen LogP contribution is -2.48. The minimum absolute atomic E-state index is 0.0526. The van der Waals surface area contributed by atoms with Gasteiger partial charge in [0.05, 0.1) is 11.9 Å². The molecule has 1 fully saturated rings. The highest BCUT2D eigenvalue weighted by atomic mass is 16.2. The first-order valence-corrected chi connectivity index (χ1v) is 7.92. The Hall–Kier alpha value is -1.62. The third kappa shape index (κ3) is 3.73. The van der Waals surface area contributed by atoms with Gasteiger partial charge in [-0.05, 0) is 32.5 Å². The van der Waals surface area contributed by atoms with Crippen molar-refractivity contribution >= 4 is 11.6 Å². The van der Waals surface area contributed by atoms with Gasteiger partial charge in [0.1, 0.15) is 5.69 Å². The molecule has 0 saturated carbocycles. The van der Waals surface area contributed by atoms with Crippen LogP contribution in [0.4, 0.5) is 5.69 Å². The Labute approximate surface area is 127 Å². The highest BCUT2D eigenvalue weighted by Gasteiger charge is 2.22. The van der Waals surface area contributed by atoms with Gasteiger partial charge in [0.2, 0.25) is 0 Å². The Morgan fingerprint density at radius 3 is 2.29 bits per heavy atom. The molecule has 0 unspecified atom stereocenters. The number of aromatic nitrogens is 1. The number of hydrogen-bond acceptors (Lipinski definition) is 4. The Balaban J connectivity index is 2.00. The largest absolute Gasteiger partial charge is 0.371 e. The number of likely N-dealkylation sites (N-methyl/N-ethyl adjacent to an activating group) is 1. The van der Waals surface area contributed by atoms with E-state index in [1.165, 1.54) is 0 Å². The Morgan fingerprint density at radius 1 is 1.14 bits per heavy atom. The van der Waals surface area contributed by atoms with E-state index in [1.807, 2.05) is 23.2 Å². The zero-order chi connectivity index (χ0) is 15.2. The van der Waals surface area contributed by atoms with Crippen LogP contribution in [0.1, 0.15) is 31.3 Å². The van der Waals surface area contributed by atoms with Crippen LogP contribution in [0, 0.1) is 0 Å². The molecule has 1 aliphatic rings. The zero-order valence-electron chi connectivity index (χ0n) is 13.4. The number of rotatable bonds is 5. The molecule has 1 aliphatic heterocycles. The van der Waals surface area contributed by atoms with Gasteiger partial charge in [-0.3, -0.25) is 4.79 Å². The number of carbonyl (C=O) groups is 1. The van der Waals surface area contributed by atoms with E-state index >= 15 is 0 Å². The van der Waals surface area contributed by atoms with Gasteiger partial charge in [0.25, 0.3) is 5.91 Å². The number of piperazine rings is 1. The highest BCUT2D eigenvalue weighted by Crippen LogP contribution is 2.14. The van der Waals surface area contributed by atoms with Gasteiger partial charge in [0.15, 0.2) is 0 Å². The van der Waals surface area contributed by atoms with E-state index in [9.17, 15) is 4.79 Å². The first-order chi connectivity index (χ1) is 10.2. The lowest BCUT2D eigenvalue weighted by Gasteiger charge is -2.33. The second-order valence-corrected chi connectivity index (χ2v) is 5.30. The maximum atomic E-state index is 12.4. The molecular weight excluding hydrogens is 264 g/mol. The molecule has 5 heteroatoms. The topological polar surface area (TPSA) is 39.7 Å². The monoisotopic (exact) mass is 290 g/mol. The summed E-state index contributed by atoms with van der Waals surface area (Å²) in [4.78, 5) is 23.3. The van der Waals surface area contributed by atoms with Crippen LogP contribution in [-0.2, 0) is 0 Å². The van der Waals surface area contributed by atoms with Crippen molar-refractivity contribution in [3.05, 3.63) is 24.0 Å². The molecule has 0 aromatic carbocycles. The maximum absolute atomic E-state index is 12.4. The van der Waals surface area contributed by atoms with Gasteiger partial charge in [-0.25, -0.2) is 4.98 Å². The summed E-state index contributed by atoms with van der Waals surface area (Å²) in [7, 11) is 0. The Bertz CT molecular complexity index is 448. The van der Waals surface area contributed by atoms with Crippen LogP contribution in [0.15, 0.2) is 18.3 Å². The summed E-state index contributed by atoms with van der Waals surface area (Å²) >= 11 is 0. The molecule has 2 rings (SSSR count). The van der Waals surface area contributed by atoms with Crippen LogP contribution in [-0.4, -0.2) is 66.5 Å². The zero-order valence-corrected chi connectivity index (χ0v) is 13.4. The number of hydrogen-bond donors (Lipinski definition) is 0. The second-order valence-electron chi connectivity index (χ2n) is 5.30. The summed E-state index contributed by atoms with van der Waals surface area (Å²) in [6, 6.07) is 3.84. The minimum atomic E-state index is 0.0526. The molecule has 116 valence electrons. The molecule has 0 bridgehead atoms. The third-order valence-corrected chi connectivity index (χ3v) is 4.20. The van der Waals surface area contributed by atoms with Gasteiger partial charge in [0, 0.05) is 39.3 Å². The van der Waals surface area contributed by atoms with E-state index in [2.05, 4.69) is 35.6 Å². The first-order valence-electron chi connectivity index (χ1n) is 7.92. The first kappa shape index (κ1) is 15.8. The summed E-state index contributed by atoms with van der Waals surface area (Å²) < 4.78 is 0. The fraction of sp³-hybridized carbons (Fsp3) is 0.625. The molecule has 1 aromatic rings. The van der Waals surface area contributed by atoms with Crippen molar-refractivity contribution in [3.8, 4) is 0 Å². The molecule has 1 saturated heterocycles. The summed E-state index contributed by atoms with van der Waals surface area (Å²) in [5, 5.41) is 0. The molecule has 0 atom stereocenters. The molecule has 0 radical (unpaired) electrons. The maximum Gasteiger partial charge on any atom is 0.272 e. The number of pyridine rings is 1. The summed E-state index contributed by atoms with van der Waals surface area (Å²) in [5.41, 5.74) is 1.63. The van der Waals surface area contributed by atoms with Crippen LogP contribution < -0.4 is 4.90 Å². The molecule has 1 aromatic heterocycles. The van der Waals surface area contributed by atoms with Crippen LogP contribution >= 0.6 is 0 Å². The molecule has 1 amide bonds. The van der Waals surface area contributed by atoms with E-state index in [-0.39, 0.29) is 5.91 Å². The van der Waals surface area contributed by atoms with Crippen LogP contribution in [0.25, 0.3) is 0 Å².